The lowest BCUT2D eigenvalue weighted by Crippen LogP contribution is -2.42. The number of morpholine rings is 1. The van der Waals surface area contributed by atoms with Gasteiger partial charge in [-0.25, -0.2) is 0 Å². The maximum Gasteiger partial charge on any atom is 0.0668 e. The number of rotatable bonds is 8. The van der Waals surface area contributed by atoms with Crippen LogP contribution >= 0.6 is 20.9 Å². The zero-order chi connectivity index (χ0) is 22.9. The second kappa shape index (κ2) is 12.3. The molecule has 0 spiro atoms. The van der Waals surface area contributed by atoms with Crippen molar-refractivity contribution in [3.8, 4) is 12.3 Å². The van der Waals surface area contributed by atoms with E-state index >= 15 is 0 Å². The van der Waals surface area contributed by atoms with Crippen molar-refractivity contribution in [1.82, 2.24) is 9.21 Å². The average molecular weight is 450 g/mol. The highest BCUT2D eigenvalue weighted by atomic mass is 33.1. The highest BCUT2D eigenvalue weighted by Crippen LogP contribution is 2.50. The number of terminal acetylenes is 1. The molecule has 0 aromatic carbocycles. The maximum absolute atomic E-state index is 5.76. The van der Waals surface area contributed by atoms with Gasteiger partial charge < -0.3 is 13.9 Å². The minimum Gasteiger partial charge on any atom is -0.377 e. The van der Waals surface area contributed by atoms with Gasteiger partial charge in [0, 0.05) is 49.0 Å². The van der Waals surface area contributed by atoms with E-state index in [0.29, 0.717) is 6.61 Å². The van der Waals surface area contributed by atoms with Crippen LogP contribution in [0.15, 0.2) is 51.5 Å². The van der Waals surface area contributed by atoms with Crippen molar-refractivity contribution >= 4 is 27.1 Å². The van der Waals surface area contributed by atoms with Crippen LogP contribution in [0.3, 0.4) is 0 Å². The Kier molecular flexibility index (Phi) is 10.9. The zero-order valence-corrected chi connectivity index (χ0v) is 21.6. The number of ether oxygens (including phenoxy) is 1. The SMILES string of the molecule is C#CC(=C\N=C/C)/C(C)=C/C(=C\C(=C(\C)CC)N(C)S(C)(C)S)N1CCOCC1C. The summed E-state index contributed by atoms with van der Waals surface area (Å²) in [5, 5.41) is 0. The molecule has 0 aromatic heterocycles. The van der Waals surface area contributed by atoms with Crippen LogP contribution in [0.25, 0.3) is 0 Å². The molecule has 30 heavy (non-hydrogen) atoms. The van der Waals surface area contributed by atoms with E-state index in [-0.39, 0.29) is 6.04 Å². The number of nitrogens with zero attached hydrogens (tertiary/aromatic N) is 3. The van der Waals surface area contributed by atoms with E-state index in [2.05, 4.69) is 72.6 Å². The van der Waals surface area contributed by atoms with E-state index in [1.807, 2.05) is 13.8 Å². The summed E-state index contributed by atoms with van der Waals surface area (Å²) in [5.41, 5.74) is 5.48. The molecule has 168 valence electrons. The Hall–Kier alpha value is -1.55. The fraction of sp³-hybridized carbons (Fsp3) is 0.542. The van der Waals surface area contributed by atoms with Crippen LogP contribution in [0.4, 0.5) is 0 Å². The van der Waals surface area contributed by atoms with Gasteiger partial charge in [0.1, 0.15) is 0 Å². The van der Waals surface area contributed by atoms with Gasteiger partial charge in [0.2, 0.25) is 0 Å². The van der Waals surface area contributed by atoms with E-state index < -0.39 is 9.25 Å². The van der Waals surface area contributed by atoms with Crippen LogP contribution < -0.4 is 0 Å². The second-order valence-corrected chi connectivity index (χ2v) is 13.5. The van der Waals surface area contributed by atoms with Crippen molar-refractivity contribution < 1.29 is 4.74 Å². The minimum atomic E-state index is -1.21. The molecule has 4 nitrogen and oxygen atoms in total. The molecule has 1 aliphatic heterocycles. The Bertz CT molecular complexity index is 779. The largest absolute Gasteiger partial charge is 0.377 e. The fourth-order valence-corrected chi connectivity index (χ4v) is 4.02. The van der Waals surface area contributed by atoms with Gasteiger partial charge in [-0.3, -0.25) is 4.99 Å². The van der Waals surface area contributed by atoms with Crippen LogP contribution in [0.1, 0.15) is 41.0 Å². The van der Waals surface area contributed by atoms with Gasteiger partial charge in [0.05, 0.1) is 13.2 Å². The fourth-order valence-electron chi connectivity index (χ4n) is 3.06. The highest BCUT2D eigenvalue weighted by molar-refractivity contribution is 8.86. The summed E-state index contributed by atoms with van der Waals surface area (Å²) < 4.78 is 7.99. The van der Waals surface area contributed by atoms with E-state index in [1.165, 1.54) is 11.3 Å². The summed E-state index contributed by atoms with van der Waals surface area (Å²) in [6, 6.07) is 0.283. The first-order valence-electron chi connectivity index (χ1n) is 10.3. The molecule has 1 fully saturated rings. The number of allylic oxidation sites excluding steroid dienone is 5. The number of likely N-dealkylation sites (N-methyl/N-ethyl adjacent to an activating group) is 1. The van der Waals surface area contributed by atoms with Gasteiger partial charge in [0.25, 0.3) is 0 Å². The van der Waals surface area contributed by atoms with Crippen molar-refractivity contribution in [2.24, 2.45) is 4.99 Å². The number of hydrogen-bond donors (Lipinski definition) is 1. The molecule has 1 aliphatic rings. The van der Waals surface area contributed by atoms with Crippen LogP contribution in [0.5, 0.6) is 0 Å². The molecule has 1 rings (SSSR count). The predicted molar refractivity (Wildman–Crippen MR) is 139 cm³/mol. The van der Waals surface area contributed by atoms with Crippen molar-refractivity contribution in [2.45, 2.75) is 47.1 Å². The van der Waals surface area contributed by atoms with E-state index in [0.717, 1.165) is 36.4 Å². The third-order valence-electron chi connectivity index (χ3n) is 5.26. The molecule has 6 heteroatoms. The molecule has 0 aromatic rings. The standard InChI is InChI=1S/C24H39N3OS2/c1-10-19(4)24(26(7)30(8,9)29)16-23(27-13-14-28-18-21(27)6)15-20(5)22(11-2)17-25-12-3/h2,12,15-17,21,29H,10,13-14,18H2,1,3-9H3/b20-15+,22-17+,23-16+,24-19+,25-12-. The van der Waals surface area contributed by atoms with Gasteiger partial charge in [-0.15, -0.1) is 27.3 Å². The minimum absolute atomic E-state index is 0.283. The molecule has 1 saturated heterocycles. The Morgan fingerprint density at radius 3 is 2.53 bits per heavy atom. The molecule has 1 atom stereocenters. The third kappa shape index (κ3) is 7.61. The summed E-state index contributed by atoms with van der Waals surface area (Å²) >= 11 is 4.89. The van der Waals surface area contributed by atoms with Gasteiger partial charge in [-0.1, -0.05) is 12.8 Å². The molecular formula is C24H39N3OS2. The number of hydrogen-bond acceptors (Lipinski definition) is 5. The molecule has 1 unspecified atom stereocenters. The van der Waals surface area contributed by atoms with E-state index in [9.17, 15) is 0 Å². The van der Waals surface area contributed by atoms with Crippen molar-refractivity contribution in [3.63, 3.8) is 0 Å². The predicted octanol–water partition coefficient (Wildman–Crippen LogP) is 5.58. The quantitative estimate of drug-likeness (QED) is 0.172. The van der Waals surface area contributed by atoms with Crippen LogP contribution in [-0.2, 0) is 4.74 Å². The van der Waals surface area contributed by atoms with E-state index in [4.69, 9.17) is 22.8 Å². The van der Waals surface area contributed by atoms with E-state index in [1.54, 1.807) is 12.4 Å². The van der Waals surface area contributed by atoms with Crippen molar-refractivity contribution in [1.29, 1.82) is 0 Å². The number of aliphatic imine (C=N–C) groups is 1. The Morgan fingerprint density at radius 1 is 1.37 bits per heavy atom. The molecule has 0 N–H and O–H groups in total. The lowest BCUT2D eigenvalue weighted by Gasteiger charge is -2.41. The Labute approximate surface area is 191 Å². The topological polar surface area (TPSA) is 28.1 Å². The molecule has 0 radical (unpaired) electrons. The molecule has 0 aliphatic carbocycles. The zero-order valence-electron chi connectivity index (χ0n) is 19.9. The van der Waals surface area contributed by atoms with Gasteiger partial charge >= 0.3 is 0 Å². The lowest BCUT2D eigenvalue weighted by atomic mass is 10.1. The molecular weight excluding hydrogens is 410 g/mol. The summed E-state index contributed by atoms with van der Waals surface area (Å²) in [6.07, 6.45) is 19.1. The average Bonchev–Trinajstić information content (AvgIpc) is 2.70. The van der Waals surface area contributed by atoms with Crippen LogP contribution in [0.2, 0.25) is 0 Å². The van der Waals surface area contributed by atoms with Crippen LogP contribution in [-0.4, -0.2) is 60.8 Å². The first-order valence-corrected chi connectivity index (χ1v) is 13.8. The molecule has 1 heterocycles. The third-order valence-corrected chi connectivity index (χ3v) is 7.53. The van der Waals surface area contributed by atoms with Gasteiger partial charge in [0.15, 0.2) is 0 Å². The first kappa shape index (κ1) is 26.5. The summed E-state index contributed by atoms with van der Waals surface area (Å²) in [5.74, 6) is 2.77. The smallest absolute Gasteiger partial charge is 0.0668 e. The van der Waals surface area contributed by atoms with Crippen LogP contribution in [0, 0.1) is 12.3 Å². The summed E-state index contributed by atoms with van der Waals surface area (Å²) in [4.78, 5) is 6.62. The second-order valence-electron chi connectivity index (χ2n) is 7.85. The highest BCUT2D eigenvalue weighted by Gasteiger charge is 2.23. The summed E-state index contributed by atoms with van der Waals surface area (Å²) in [6.45, 7) is 12.8. The molecule has 0 amide bonds. The van der Waals surface area contributed by atoms with Crippen molar-refractivity contribution in [2.75, 3.05) is 39.3 Å². The monoisotopic (exact) mass is 449 g/mol. The molecule has 0 bridgehead atoms. The van der Waals surface area contributed by atoms with Gasteiger partial charge in [-0.2, -0.15) is 0 Å². The normalized spacial score (nSPS) is 20.9. The summed E-state index contributed by atoms with van der Waals surface area (Å²) in [7, 11) is 0.922. The Morgan fingerprint density at radius 2 is 2.03 bits per heavy atom. The van der Waals surface area contributed by atoms with Gasteiger partial charge in [-0.05, 0) is 69.9 Å². The van der Waals surface area contributed by atoms with Crippen molar-refractivity contribution in [3.05, 3.63) is 46.5 Å². The lowest BCUT2D eigenvalue weighted by molar-refractivity contribution is 0.0187. The number of thiol groups is 1. The maximum atomic E-state index is 5.76. The molecule has 0 saturated carbocycles. The Balaban J connectivity index is 3.63. The first-order chi connectivity index (χ1) is 14.1.